The minimum absolute atomic E-state index is 0.0204. The maximum absolute atomic E-state index is 10.7. The zero-order chi connectivity index (χ0) is 12.4. The van der Waals surface area contributed by atoms with E-state index in [0.717, 1.165) is 18.1 Å². The summed E-state index contributed by atoms with van der Waals surface area (Å²) in [5.74, 6) is 0.866. The zero-order valence-corrected chi connectivity index (χ0v) is 10.9. The standard InChI is InChI=1S/C12H17NO3S/c1-8-9(2)17-6-5-13(8)7-10-3-4-11(16-10)12(14)15/h3-4,8-9H,5-7H2,1-2H3,(H,14,15). The third-order valence-corrected chi connectivity index (χ3v) is 4.58. The molecule has 1 aliphatic heterocycles. The third kappa shape index (κ3) is 2.84. The molecule has 1 aromatic heterocycles. The molecule has 1 aliphatic rings. The molecule has 0 radical (unpaired) electrons. The highest BCUT2D eigenvalue weighted by Gasteiger charge is 2.25. The molecule has 94 valence electrons. The normalized spacial score (nSPS) is 26.0. The number of carboxylic acid groups (broad SMARTS) is 1. The van der Waals surface area contributed by atoms with Gasteiger partial charge >= 0.3 is 5.97 Å². The minimum atomic E-state index is -1.01. The molecule has 1 fully saturated rings. The van der Waals surface area contributed by atoms with Crippen LogP contribution in [0.4, 0.5) is 0 Å². The zero-order valence-electron chi connectivity index (χ0n) is 10.0. The molecule has 2 rings (SSSR count). The van der Waals surface area contributed by atoms with Crippen LogP contribution in [-0.4, -0.2) is 39.6 Å². The van der Waals surface area contributed by atoms with E-state index >= 15 is 0 Å². The number of hydrogen-bond donors (Lipinski definition) is 1. The van der Waals surface area contributed by atoms with Gasteiger partial charge in [0.25, 0.3) is 0 Å². The number of furan rings is 1. The van der Waals surface area contributed by atoms with Crippen LogP contribution in [0.3, 0.4) is 0 Å². The average Bonchev–Trinajstić information content (AvgIpc) is 2.73. The lowest BCUT2D eigenvalue weighted by molar-refractivity contribution is 0.0657. The van der Waals surface area contributed by atoms with E-state index in [1.54, 1.807) is 6.07 Å². The largest absolute Gasteiger partial charge is 0.475 e. The summed E-state index contributed by atoms with van der Waals surface area (Å²) >= 11 is 1.98. The van der Waals surface area contributed by atoms with E-state index in [-0.39, 0.29) is 5.76 Å². The number of carboxylic acids is 1. The van der Waals surface area contributed by atoms with E-state index in [9.17, 15) is 4.79 Å². The Morgan fingerprint density at radius 3 is 3.00 bits per heavy atom. The summed E-state index contributed by atoms with van der Waals surface area (Å²) in [4.78, 5) is 13.1. The van der Waals surface area contributed by atoms with Gasteiger partial charge in [0.1, 0.15) is 5.76 Å². The van der Waals surface area contributed by atoms with Gasteiger partial charge in [-0.2, -0.15) is 11.8 Å². The Morgan fingerprint density at radius 1 is 1.59 bits per heavy atom. The van der Waals surface area contributed by atoms with Gasteiger partial charge in [0.2, 0.25) is 5.76 Å². The van der Waals surface area contributed by atoms with Crippen molar-refractivity contribution in [3.8, 4) is 0 Å². The molecule has 0 amide bonds. The van der Waals surface area contributed by atoms with Crippen molar-refractivity contribution in [1.29, 1.82) is 0 Å². The van der Waals surface area contributed by atoms with Gasteiger partial charge in [-0.05, 0) is 19.1 Å². The molecule has 2 atom stereocenters. The molecule has 0 bridgehead atoms. The van der Waals surface area contributed by atoms with Gasteiger partial charge < -0.3 is 9.52 Å². The maximum atomic E-state index is 10.7. The molecule has 1 aromatic rings. The Morgan fingerprint density at radius 2 is 2.35 bits per heavy atom. The van der Waals surface area contributed by atoms with Crippen LogP contribution in [0.1, 0.15) is 30.2 Å². The highest BCUT2D eigenvalue weighted by molar-refractivity contribution is 8.00. The molecule has 0 aliphatic carbocycles. The summed E-state index contributed by atoms with van der Waals surface area (Å²) in [6.07, 6.45) is 0. The van der Waals surface area contributed by atoms with Crippen molar-refractivity contribution < 1.29 is 14.3 Å². The molecule has 17 heavy (non-hydrogen) atoms. The minimum Gasteiger partial charge on any atom is -0.475 e. The summed E-state index contributed by atoms with van der Waals surface area (Å²) in [6.45, 7) is 6.16. The first-order chi connectivity index (χ1) is 8.08. The van der Waals surface area contributed by atoms with Gasteiger partial charge in [-0.25, -0.2) is 4.79 Å². The molecular formula is C12H17NO3S. The Kier molecular flexibility index (Phi) is 3.79. The van der Waals surface area contributed by atoms with Crippen LogP contribution in [0, 0.1) is 0 Å². The van der Waals surface area contributed by atoms with Crippen LogP contribution in [0.2, 0.25) is 0 Å². The van der Waals surface area contributed by atoms with Gasteiger partial charge in [0.15, 0.2) is 0 Å². The Bertz CT molecular complexity index is 404. The summed E-state index contributed by atoms with van der Waals surface area (Å²) in [5, 5.41) is 9.40. The molecule has 2 unspecified atom stereocenters. The predicted octanol–water partition coefficient (Wildman–Crippen LogP) is 2.30. The summed E-state index contributed by atoms with van der Waals surface area (Å²) in [5.41, 5.74) is 0. The van der Waals surface area contributed by atoms with Crippen LogP contribution >= 0.6 is 11.8 Å². The van der Waals surface area contributed by atoms with E-state index < -0.39 is 5.97 Å². The second-order valence-electron chi connectivity index (χ2n) is 4.36. The Balaban J connectivity index is 2.01. The number of thioether (sulfide) groups is 1. The molecule has 4 nitrogen and oxygen atoms in total. The van der Waals surface area contributed by atoms with E-state index in [0.29, 0.717) is 17.8 Å². The molecule has 0 aromatic carbocycles. The predicted molar refractivity (Wildman–Crippen MR) is 67.5 cm³/mol. The van der Waals surface area contributed by atoms with Gasteiger partial charge in [0, 0.05) is 23.6 Å². The topological polar surface area (TPSA) is 53.7 Å². The SMILES string of the molecule is CC1SCCN(Cc2ccc(C(=O)O)o2)C1C. The van der Waals surface area contributed by atoms with Gasteiger partial charge in [-0.3, -0.25) is 4.90 Å². The lowest BCUT2D eigenvalue weighted by Crippen LogP contribution is -2.43. The summed E-state index contributed by atoms with van der Waals surface area (Å²) in [7, 11) is 0. The second kappa shape index (κ2) is 5.14. The van der Waals surface area contributed by atoms with Crippen LogP contribution in [0.5, 0.6) is 0 Å². The number of rotatable bonds is 3. The van der Waals surface area contributed by atoms with Crippen LogP contribution in [0.25, 0.3) is 0 Å². The fourth-order valence-corrected chi connectivity index (χ4v) is 3.16. The first kappa shape index (κ1) is 12.5. The highest BCUT2D eigenvalue weighted by atomic mass is 32.2. The van der Waals surface area contributed by atoms with Crippen LogP contribution in [-0.2, 0) is 6.54 Å². The lowest BCUT2D eigenvalue weighted by atomic mass is 10.2. The molecule has 1 saturated heterocycles. The quantitative estimate of drug-likeness (QED) is 0.898. The lowest BCUT2D eigenvalue weighted by Gasteiger charge is -2.36. The number of nitrogens with zero attached hydrogens (tertiary/aromatic N) is 1. The molecule has 5 heteroatoms. The fourth-order valence-electron chi connectivity index (χ4n) is 2.00. The van der Waals surface area contributed by atoms with Crippen LogP contribution < -0.4 is 0 Å². The van der Waals surface area contributed by atoms with Crippen molar-refractivity contribution in [3.63, 3.8) is 0 Å². The number of hydrogen-bond acceptors (Lipinski definition) is 4. The van der Waals surface area contributed by atoms with Gasteiger partial charge in [-0.15, -0.1) is 0 Å². The molecular weight excluding hydrogens is 238 g/mol. The van der Waals surface area contributed by atoms with E-state index in [4.69, 9.17) is 9.52 Å². The number of carbonyl (C=O) groups is 1. The smallest absolute Gasteiger partial charge is 0.371 e. The maximum Gasteiger partial charge on any atom is 0.371 e. The molecule has 0 spiro atoms. The van der Waals surface area contributed by atoms with Crippen molar-refractivity contribution in [1.82, 2.24) is 4.90 Å². The van der Waals surface area contributed by atoms with E-state index in [1.165, 1.54) is 6.07 Å². The molecule has 1 N–H and O–H groups in total. The van der Waals surface area contributed by atoms with Crippen molar-refractivity contribution in [3.05, 3.63) is 23.7 Å². The first-order valence-electron chi connectivity index (χ1n) is 5.75. The third-order valence-electron chi connectivity index (χ3n) is 3.25. The van der Waals surface area contributed by atoms with Gasteiger partial charge in [0.05, 0.1) is 6.54 Å². The molecule has 2 heterocycles. The van der Waals surface area contributed by atoms with Gasteiger partial charge in [-0.1, -0.05) is 6.92 Å². The van der Waals surface area contributed by atoms with Crippen molar-refractivity contribution in [2.75, 3.05) is 12.3 Å². The highest BCUT2D eigenvalue weighted by Crippen LogP contribution is 2.25. The second-order valence-corrected chi connectivity index (χ2v) is 5.84. The summed E-state index contributed by atoms with van der Waals surface area (Å²) < 4.78 is 5.28. The first-order valence-corrected chi connectivity index (χ1v) is 6.80. The monoisotopic (exact) mass is 255 g/mol. The van der Waals surface area contributed by atoms with E-state index in [2.05, 4.69) is 18.7 Å². The van der Waals surface area contributed by atoms with Crippen molar-refractivity contribution in [2.24, 2.45) is 0 Å². The Labute approximate surface area is 105 Å². The molecule has 0 saturated carbocycles. The Hall–Kier alpha value is -0.940. The van der Waals surface area contributed by atoms with Crippen molar-refractivity contribution in [2.45, 2.75) is 31.7 Å². The average molecular weight is 255 g/mol. The fraction of sp³-hybridized carbons (Fsp3) is 0.583. The van der Waals surface area contributed by atoms with Crippen LogP contribution in [0.15, 0.2) is 16.5 Å². The van der Waals surface area contributed by atoms with Crippen molar-refractivity contribution >= 4 is 17.7 Å². The summed E-state index contributed by atoms with van der Waals surface area (Å²) in [6, 6.07) is 3.76. The number of aromatic carboxylic acids is 1. The van der Waals surface area contributed by atoms with E-state index in [1.807, 2.05) is 11.8 Å².